The minimum Gasteiger partial charge on any atom is -0.504 e. The number of benzene rings is 1. The number of thiophene rings is 1. The summed E-state index contributed by atoms with van der Waals surface area (Å²) in [6, 6.07) is 5.01. The van der Waals surface area contributed by atoms with Crippen LogP contribution >= 0.6 is 33.9 Å². The maximum atomic E-state index is 12.7. The van der Waals surface area contributed by atoms with Crippen molar-refractivity contribution in [3.8, 4) is 17.6 Å². The summed E-state index contributed by atoms with van der Waals surface area (Å²) in [6.45, 7) is 5.53. The molecule has 152 valence electrons. The molecule has 2 rings (SSSR count). The van der Waals surface area contributed by atoms with Crippen molar-refractivity contribution in [3.63, 3.8) is 0 Å². The average molecular weight is 526 g/mol. The van der Waals surface area contributed by atoms with Crippen molar-refractivity contribution in [2.45, 2.75) is 20.8 Å². The molecule has 2 aromatic rings. The van der Waals surface area contributed by atoms with Crippen LogP contribution in [0, 0.1) is 28.7 Å². The van der Waals surface area contributed by atoms with Crippen molar-refractivity contribution in [1.82, 2.24) is 0 Å². The number of methoxy groups -OCH3 is 1. The number of hydrogen-bond donors (Lipinski definition) is 2. The molecule has 1 aromatic heterocycles. The van der Waals surface area contributed by atoms with Gasteiger partial charge in [-0.25, -0.2) is 4.79 Å². The second kappa shape index (κ2) is 9.76. The second-order valence-electron chi connectivity index (χ2n) is 5.89. The standard InChI is InChI=1S/C20H19IN2O5S/c1-5-28-20(26)16-10(2)11(3)29-19(16)23-18(25)13(9-22)6-12-7-14(21)17(24)15(8-12)27-4/h6-8,24H,5H2,1-4H3,(H,23,25)/b13-6+. The van der Waals surface area contributed by atoms with Crippen LogP contribution in [0.1, 0.15) is 33.3 Å². The quantitative estimate of drug-likeness (QED) is 0.250. The monoisotopic (exact) mass is 526 g/mol. The third-order valence-corrected chi connectivity index (χ3v) is 5.98. The molecule has 1 amide bonds. The van der Waals surface area contributed by atoms with E-state index in [1.54, 1.807) is 19.9 Å². The van der Waals surface area contributed by atoms with Crippen LogP contribution in [0.3, 0.4) is 0 Å². The van der Waals surface area contributed by atoms with E-state index in [1.165, 1.54) is 30.6 Å². The maximum Gasteiger partial charge on any atom is 0.341 e. The van der Waals surface area contributed by atoms with Crippen LogP contribution in [-0.4, -0.2) is 30.7 Å². The Morgan fingerprint density at radius 2 is 2.07 bits per heavy atom. The number of nitrogens with zero attached hydrogens (tertiary/aromatic N) is 1. The fraction of sp³-hybridized carbons (Fsp3) is 0.250. The van der Waals surface area contributed by atoms with Crippen LogP contribution in [0.5, 0.6) is 11.5 Å². The SMILES string of the molecule is CCOC(=O)c1c(NC(=O)/C(C#N)=C/c2cc(I)c(O)c(OC)c2)sc(C)c1C. The maximum absolute atomic E-state index is 12.7. The van der Waals surface area contributed by atoms with E-state index < -0.39 is 11.9 Å². The number of carbonyl (C=O) groups excluding carboxylic acids is 2. The number of hydrogen-bond acceptors (Lipinski definition) is 7. The number of halogens is 1. The molecule has 0 atom stereocenters. The number of aromatic hydroxyl groups is 1. The summed E-state index contributed by atoms with van der Waals surface area (Å²) in [5, 5.41) is 22.4. The number of rotatable bonds is 6. The fourth-order valence-electron chi connectivity index (χ4n) is 2.48. The van der Waals surface area contributed by atoms with Crippen LogP contribution in [-0.2, 0) is 9.53 Å². The highest BCUT2D eigenvalue weighted by Crippen LogP contribution is 2.34. The number of phenolic OH excluding ortho intramolecular Hbond substituents is 1. The second-order valence-corrected chi connectivity index (χ2v) is 8.27. The Morgan fingerprint density at radius 1 is 1.38 bits per heavy atom. The summed E-state index contributed by atoms with van der Waals surface area (Å²) in [4.78, 5) is 25.8. The predicted octanol–water partition coefficient (Wildman–Crippen LogP) is 4.41. The van der Waals surface area contributed by atoms with E-state index in [-0.39, 0.29) is 23.7 Å². The molecule has 1 heterocycles. The van der Waals surface area contributed by atoms with Gasteiger partial charge >= 0.3 is 5.97 Å². The van der Waals surface area contributed by atoms with Crippen LogP contribution in [0.2, 0.25) is 0 Å². The molecule has 0 saturated carbocycles. The van der Waals surface area contributed by atoms with Crippen LogP contribution in [0.25, 0.3) is 6.08 Å². The van der Waals surface area contributed by atoms with E-state index in [2.05, 4.69) is 5.32 Å². The number of nitrogens with one attached hydrogen (secondary N) is 1. The highest BCUT2D eigenvalue weighted by atomic mass is 127. The van der Waals surface area contributed by atoms with Gasteiger partial charge in [-0.05, 0) is 72.7 Å². The topological polar surface area (TPSA) is 109 Å². The molecular formula is C20H19IN2O5S. The minimum atomic E-state index is -0.652. The molecule has 2 N–H and O–H groups in total. The molecule has 0 aliphatic rings. The molecular weight excluding hydrogens is 507 g/mol. The zero-order valence-corrected chi connectivity index (χ0v) is 19.2. The summed E-state index contributed by atoms with van der Waals surface area (Å²) in [7, 11) is 1.41. The first kappa shape index (κ1) is 22.7. The van der Waals surface area contributed by atoms with Gasteiger partial charge in [0.1, 0.15) is 16.6 Å². The Labute approximate surface area is 186 Å². The van der Waals surface area contributed by atoms with Crippen molar-refractivity contribution >= 4 is 56.9 Å². The van der Waals surface area contributed by atoms with E-state index in [0.717, 1.165) is 10.4 Å². The van der Waals surface area contributed by atoms with Crippen molar-refractivity contribution < 1.29 is 24.2 Å². The molecule has 0 aliphatic heterocycles. The number of nitriles is 1. The van der Waals surface area contributed by atoms with Gasteiger partial charge in [0.25, 0.3) is 5.91 Å². The zero-order valence-electron chi connectivity index (χ0n) is 16.3. The van der Waals surface area contributed by atoms with E-state index in [0.29, 0.717) is 19.7 Å². The van der Waals surface area contributed by atoms with E-state index >= 15 is 0 Å². The van der Waals surface area contributed by atoms with Gasteiger partial charge in [-0.15, -0.1) is 11.3 Å². The zero-order chi connectivity index (χ0) is 21.7. The lowest BCUT2D eigenvalue weighted by Crippen LogP contribution is -2.16. The molecule has 0 unspecified atom stereocenters. The third kappa shape index (κ3) is 5.07. The number of ether oxygens (including phenoxy) is 2. The number of anilines is 1. The smallest absolute Gasteiger partial charge is 0.341 e. The Hall–Kier alpha value is -2.58. The van der Waals surface area contributed by atoms with Crippen molar-refractivity contribution in [3.05, 3.63) is 42.8 Å². The fourth-order valence-corrected chi connectivity index (χ4v) is 4.15. The first-order chi connectivity index (χ1) is 13.7. The van der Waals surface area contributed by atoms with Gasteiger partial charge in [0.2, 0.25) is 0 Å². The largest absolute Gasteiger partial charge is 0.504 e. The van der Waals surface area contributed by atoms with E-state index in [9.17, 15) is 20.0 Å². The van der Waals surface area contributed by atoms with Gasteiger partial charge in [0.15, 0.2) is 11.5 Å². The number of amides is 1. The molecule has 1 aromatic carbocycles. The summed E-state index contributed by atoms with van der Waals surface area (Å²) in [5.74, 6) is -0.960. The summed E-state index contributed by atoms with van der Waals surface area (Å²) >= 11 is 3.17. The van der Waals surface area contributed by atoms with Gasteiger partial charge < -0.3 is 19.9 Å². The van der Waals surface area contributed by atoms with Gasteiger partial charge in [-0.2, -0.15) is 5.26 Å². The van der Waals surface area contributed by atoms with Crippen LogP contribution < -0.4 is 10.1 Å². The highest BCUT2D eigenvalue weighted by molar-refractivity contribution is 14.1. The van der Waals surface area contributed by atoms with Crippen molar-refractivity contribution in [2.75, 3.05) is 19.0 Å². The van der Waals surface area contributed by atoms with Crippen LogP contribution in [0.15, 0.2) is 17.7 Å². The van der Waals surface area contributed by atoms with Gasteiger partial charge in [0.05, 0.1) is 22.9 Å². The normalized spacial score (nSPS) is 11.0. The molecule has 0 bridgehead atoms. The lowest BCUT2D eigenvalue weighted by atomic mass is 10.1. The third-order valence-electron chi connectivity index (χ3n) is 4.04. The Bertz CT molecular complexity index is 1040. The molecule has 29 heavy (non-hydrogen) atoms. The van der Waals surface area contributed by atoms with Gasteiger partial charge in [-0.1, -0.05) is 0 Å². The lowest BCUT2D eigenvalue weighted by Gasteiger charge is -2.08. The first-order valence-corrected chi connectivity index (χ1v) is 10.4. The average Bonchev–Trinajstić information content (AvgIpc) is 2.95. The molecule has 0 spiro atoms. The minimum absolute atomic E-state index is 0.0168. The van der Waals surface area contributed by atoms with Gasteiger partial charge in [-0.3, -0.25) is 4.79 Å². The summed E-state index contributed by atoms with van der Waals surface area (Å²) < 4.78 is 10.7. The number of aryl methyl sites for hydroxylation is 1. The molecule has 0 aliphatic carbocycles. The van der Waals surface area contributed by atoms with E-state index in [1.807, 2.05) is 35.6 Å². The number of phenols is 1. The van der Waals surface area contributed by atoms with Crippen molar-refractivity contribution in [1.29, 1.82) is 5.26 Å². The van der Waals surface area contributed by atoms with Crippen molar-refractivity contribution in [2.24, 2.45) is 0 Å². The summed E-state index contributed by atoms with van der Waals surface area (Å²) in [6.07, 6.45) is 1.39. The Kier molecular flexibility index (Phi) is 7.64. The van der Waals surface area contributed by atoms with Crippen LogP contribution in [0.4, 0.5) is 5.00 Å². The summed E-state index contributed by atoms with van der Waals surface area (Å²) in [5.41, 5.74) is 1.37. The Morgan fingerprint density at radius 3 is 2.66 bits per heavy atom. The lowest BCUT2D eigenvalue weighted by molar-refractivity contribution is -0.112. The van der Waals surface area contributed by atoms with E-state index in [4.69, 9.17) is 9.47 Å². The number of carbonyl (C=O) groups is 2. The Balaban J connectivity index is 2.38. The first-order valence-electron chi connectivity index (χ1n) is 8.50. The predicted molar refractivity (Wildman–Crippen MR) is 119 cm³/mol. The highest BCUT2D eigenvalue weighted by Gasteiger charge is 2.23. The molecule has 9 heteroatoms. The molecule has 0 radical (unpaired) electrons. The molecule has 0 saturated heterocycles. The molecule has 0 fully saturated rings. The number of esters is 1. The molecule has 7 nitrogen and oxygen atoms in total. The van der Waals surface area contributed by atoms with Gasteiger partial charge in [0, 0.05) is 4.88 Å².